The smallest absolute Gasteiger partial charge is 0.305 e. The van der Waals surface area contributed by atoms with Gasteiger partial charge in [0.1, 0.15) is 12.1 Å². The van der Waals surface area contributed by atoms with Gasteiger partial charge in [0.25, 0.3) is 0 Å². The minimum Gasteiger partial charge on any atom is -0.481 e. The molecule has 0 radical (unpaired) electrons. The van der Waals surface area contributed by atoms with Gasteiger partial charge in [-0.05, 0) is 25.7 Å². The molecule has 1 aliphatic rings. The maximum absolute atomic E-state index is 10.6. The number of rotatable bonds is 4. The lowest BCUT2D eigenvalue weighted by Crippen LogP contribution is -2.25. The van der Waals surface area contributed by atoms with Crippen molar-refractivity contribution in [3.63, 3.8) is 0 Å². The van der Waals surface area contributed by atoms with Crippen molar-refractivity contribution < 1.29 is 9.90 Å². The summed E-state index contributed by atoms with van der Waals surface area (Å²) in [6.07, 6.45) is 6.08. The highest BCUT2D eigenvalue weighted by molar-refractivity contribution is 5.67. The van der Waals surface area contributed by atoms with Crippen LogP contribution in [0, 0.1) is 0 Å². The third-order valence-electron chi connectivity index (χ3n) is 3.12. The van der Waals surface area contributed by atoms with Crippen molar-refractivity contribution in [1.29, 1.82) is 0 Å². The minimum absolute atomic E-state index is 0.134. The van der Waals surface area contributed by atoms with Gasteiger partial charge in [-0.15, -0.1) is 0 Å². The molecular formula is C12H17N3O2. The largest absolute Gasteiger partial charge is 0.481 e. The van der Waals surface area contributed by atoms with Crippen LogP contribution < -0.4 is 4.90 Å². The highest BCUT2D eigenvalue weighted by atomic mass is 16.4. The van der Waals surface area contributed by atoms with Crippen LogP contribution >= 0.6 is 0 Å². The lowest BCUT2D eigenvalue weighted by atomic mass is 9.96. The summed E-state index contributed by atoms with van der Waals surface area (Å²) < 4.78 is 0. The standard InChI is InChI=1S/C12H17N3O2/c1-15(7-6-11(16)17)12-9-4-2-3-5-10(9)13-8-14-12/h8H,2-7H2,1H3,(H,16,17). The van der Waals surface area contributed by atoms with Gasteiger partial charge in [-0.1, -0.05) is 0 Å². The maximum Gasteiger partial charge on any atom is 0.305 e. The number of aryl methyl sites for hydroxylation is 1. The summed E-state index contributed by atoms with van der Waals surface area (Å²) in [4.78, 5) is 21.1. The minimum atomic E-state index is -0.778. The van der Waals surface area contributed by atoms with Crippen LogP contribution in [-0.4, -0.2) is 34.6 Å². The van der Waals surface area contributed by atoms with E-state index in [0.717, 1.165) is 24.4 Å². The van der Waals surface area contributed by atoms with Crippen LogP contribution in [0.5, 0.6) is 0 Å². The van der Waals surface area contributed by atoms with Gasteiger partial charge in [0, 0.05) is 24.8 Å². The molecule has 0 aromatic carbocycles. The first-order valence-corrected chi connectivity index (χ1v) is 5.94. The van der Waals surface area contributed by atoms with Crippen LogP contribution in [0.25, 0.3) is 0 Å². The zero-order chi connectivity index (χ0) is 12.3. The topological polar surface area (TPSA) is 66.3 Å². The predicted molar refractivity (Wildman–Crippen MR) is 64.2 cm³/mol. The molecule has 1 N–H and O–H groups in total. The normalized spacial score (nSPS) is 14.2. The average Bonchev–Trinajstić information content (AvgIpc) is 2.35. The molecule has 1 aliphatic carbocycles. The number of hydrogen-bond donors (Lipinski definition) is 1. The van der Waals surface area contributed by atoms with Crippen molar-refractivity contribution in [1.82, 2.24) is 9.97 Å². The summed E-state index contributed by atoms with van der Waals surface area (Å²) in [6.45, 7) is 0.485. The molecule has 0 atom stereocenters. The van der Waals surface area contributed by atoms with Gasteiger partial charge in [-0.25, -0.2) is 9.97 Å². The number of anilines is 1. The zero-order valence-electron chi connectivity index (χ0n) is 10.0. The summed E-state index contributed by atoms with van der Waals surface area (Å²) in [5, 5.41) is 8.69. The monoisotopic (exact) mass is 235 g/mol. The summed E-state index contributed by atoms with van der Waals surface area (Å²) >= 11 is 0. The number of fused-ring (bicyclic) bond motifs is 1. The molecule has 0 amide bonds. The fourth-order valence-electron chi connectivity index (χ4n) is 2.20. The average molecular weight is 235 g/mol. The van der Waals surface area contributed by atoms with E-state index in [1.54, 1.807) is 6.33 Å². The molecule has 1 aromatic heterocycles. The van der Waals surface area contributed by atoms with Crippen molar-refractivity contribution >= 4 is 11.8 Å². The summed E-state index contributed by atoms with van der Waals surface area (Å²) in [5.74, 6) is 0.121. The Bertz CT molecular complexity index is 420. The molecule has 0 saturated heterocycles. The Balaban J connectivity index is 2.17. The molecule has 0 saturated carbocycles. The first kappa shape index (κ1) is 11.8. The third kappa shape index (κ3) is 2.72. The molecular weight excluding hydrogens is 218 g/mol. The molecule has 0 bridgehead atoms. The second kappa shape index (κ2) is 5.12. The van der Waals surface area contributed by atoms with Crippen LogP contribution in [0.3, 0.4) is 0 Å². The van der Waals surface area contributed by atoms with Crippen molar-refractivity contribution in [3.05, 3.63) is 17.6 Å². The van der Waals surface area contributed by atoms with Crippen LogP contribution in [0.1, 0.15) is 30.5 Å². The summed E-state index contributed by atoms with van der Waals surface area (Å²) in [5.41, 5.74) is 2.33. The van der Waals surface area contributed by atoms with E-state index in [-0.39, 0.29) is 6.42 Å². The first-order valence-electron chi connectivity index (χ1n) is 5.94. The number of carboxylic acids is 1. The first-order chi connectivity index (χ1) is 8.18. The van der Waals surface area contributed by atoms with E-state index >= 15 is 0 Å². The van der Waals surface area contributed by atoms with E-state index in [9.17, 15) is 4.79 Å². The molecule has 5 heteroatoms. The molecule has 1 heterocycles. The van der Waals surface area contributed by atoms with Gasteiger partial charge in [0.05, 0.1) is 6.42 Å². The van der Waals surface area contributed by atoms with Crippen molar-refractivity contribution in [2.24, 2.45) is 0 Å². The van der Waals surface area contributed by atoms with Crippen LogP contribution in [-0.2, 0) is 17.6 Å². The van der Waals surface area contributed by atoms with Gasteiger partial charge in [-0.3, -0.25) is 4.79 Å². The van der Waals surface area contributed by atoms with E-state index in [0.29, 0.717) is 6.54 Å². The van der Waals surface area contributed by atoms with Gasteiger partial charge in [0.2, 0.25) is 0 Å². The highest BCUT2D eigenvalue weighted by Gasteiger charge is 2.17. The Morgan fingerprint density at radius 3 is 2.94 bits per heavy atom. The summed E-state index contributed by atoms with van der Waals surface area (Å²) in [6, 6.07) is 0. The van der Waals surface area contributed by atoms with E-state index < -0.39 is 5.97 Å². The zero-order valence-corrected chi connectivity index (χ0v) is 10.0. The van der Waals surface area contributed by atoms with E-state index in [1.807, 2.05) is 11.9 Å². The molecule has 2 rings (SSSR count). The van der Waals surface area contributed by atoms with E-state index in [2.05, 4.69) is 9.97 Å². The number of carboxylic acid groups (broad SMARTS) is 1. The number of aromatic nitrogens is 2. The molecule has 0 fully saturated rings. The molecule has 17 heavy (non-hydrogen) atoms. The van der Waals surface area contributed by atoms with Crippen LogP contribution in [0.15, 0.2) is 6.33 Å². The Morgan fingerprint density at radius 1 is 1.41 bits per heavy atom. The third-order valence-corrected chi connectivity index (χ3v) is 3.12. The van der Waals surface area contributed by atoms with Crippen molar-refractivity contribution in [2.75, 3.05) is 18.5 Å². The quantitative estimate of drug-likeness (QED) is 0.851. The van der Waals surface area contributed by atoms with E-state index in [1.165, 1.54) is 18.4 Å². The Hall–Kier alpha value is -1.65. The number of carbonyl (C=O) groups is 1. The summed E-state index contributed by atoms with van der Waals surface area (Å²) in [7, 11) is 1.89. The Labute approximate surface area is 100 Å². The second-order valence-corrected chi connectivity index (χ2v) is 4.39. The molecule has 92 valence electrons. The van der Waals surface area contributed by atoms with Gasteiger partial charge in [-0.2, -0.15) is 0 Å². The highest BCUT2D eigenvalue weighted by Crippen LogP contribution is 2.26. The van der Waals surface area contributed by atoms with Gasteiger partial charge >= 0.3 is 5.97 Å². The van der Waals surface area contributed by atoms with Crippen LogP contribution in [0.4, 0.5) is 5.82 Å². The second-order valence-electron chi connectivity index (χ2n) is 4.39. The molecule has 5 nitrogen and oxygen atoms in total. The molecule has 0 spiro atoms. The SMILES string of the molecule is CN(CCC(=O)O)c1ncnc2c1CCCC2. The molecule has 1 aromatic rings. The number of nitrogens with zero attached hydrogens (tertiary/aromatic N) is 3. The molecule has 0 unspecified atom stereocenters. The van der Waals surface area contributed by atoms with Crippen molar-refractivity contribution in [3.8, 4) is 0 Å². The van der Waals surface area contributed by atoms with Gasteiger partial charge in [0.15, 0.2) is 0 Å². The van der Waals surface area contributed by atoms with Crippen LogP contribution in [0.2, 0.25) is 0 Å². The lowest BCUT2D eigenvalue weighted by Gasteiger charge is -2.23. The van der Waals surface area contributed by atoms with Crippen molar-refractivity contribution in [2.45, 2.75) is 32.1 Å². The van der Waals surface area contributed by atoms with Gasteiger partial charge < -0.3 is 10.0 Å². The predicted octanol–water partition coefficient (Wildman–Crippen LogP) is 1.27. The number of hydrogen-bond acceptors (Lipinski definition) is 4. The number of aliphatic carboxylic acids is 1. The fraction of sp³-hybridized carbons (Fsp3) is 0.583. The Morgan fingerprint density at radius 2 is 2.18 bits per heavy atom. The fourth-order valence-corrected chi connectivity index (χ4v) is 2.20. The molecule has 0 aliphatic heterocycles. The maximum atomic E-state index is 10.6. The Kier molecular flexibility index (Phi) is 3.56. The lowest BCUT2D eigenvalue weighted by molar-refractivity contribution is -0.136. The van der Waals surface area contributed by atoms with E-state index in [4.69, 9.17) is 5.11 Å².